The normalized spacial score (nSPS) is 11.7. The van der Waals surface area contributed by atoms with Gasteiger partial charge in [0.25, 0.3) is 0 Å². The van der Waals surface area contributed by atoms with Crippen LogP contribution in [0.5, 0.6) is 0 Å². The molecule has 1 heterocycles. The summed E-state index contributed by atoms with van der Waals surface area (Å²) in [5.41, 5.74) is 2.10. The number of halogens is 1. The average Bonchev–Trinajstić information content (AvgIpc) is 2.98. The van der Waals surface area contributed by atoms with Gasteiger partial charge in [0.05, 0.1) is 10.2 Å². The van der Waals surface area contributed by atoms with Gasteiger partial charge in [-0.15, -0.1) is 0 Å². The van der Waals surface area contributed by atoms with E-state index < -0.39 is 0 Å². The number of rotatable bonds is 2. The van der Waals surface area contributed by atoms with Gasteiger partial charge in [-0.2, -0.15) is 0 Å². The molecule has 3 aromatic carbocycles. The van der Waals surface area contributed by atoms with E-state index in [1.165, 1.54) is 15.5 Å². The number of thiazole rings is 1. The fraction of sp³-hybridized carbons (Fsp3) is 0. The minimum Gasteiger partial charge on any atom is -0.227 e. The van der Waals surface area contributed by atoms with Crippen molar-refractivity contribution in [2.75, 3.05) is 0 Å². The van der Waals surface area contributed by atoms with Gasteiger partial charge in [-0.05, 0) is 29.1 Å². The Hall–Kier alpha value is -2.04. The van der Waals surface area contributed by atoms with Crippen LogP contribution in [0.15, 0.2) is 70.1 Å². The highest BCUT2D eigenvalue weighted by Crippen LogP contribution is 2.32. The van der Waals surface area contributed by atoms with Crippen LogP contribution in [0.3, 0.4) is 0 Å². The predicted molar refractivity (Wildman–Crippen MR) is 98.5 cm³/mol. The molecule has 22 heavy (non-hydrogen) atoms. The number of fused-ring (bicyclic) bond motifs is 3. The maximum atomic E-state index is 4.68. The molecule has 1 aromatic heterocycles. The maximum absolute atomic E-state index is 4.68. The number of hydrogen-bond acceptors (Lipinski definition) is 3. The van der Waals surface area contributed by atoms with E-state index in [0.29, 0.717) is 0 Å². The molecule has 0 aliphatic rings. The Kier molecular flexibility index (Phi) is 3.48. The molecule has 0 saturated heterocycles. The lowest BCUT2D eigenvalue weighted by atomic mass is 10.1. The first-order valence-corrected chi connectivity index (χ1v) is 8.48. The number of nitrogens with zero attached hydrogens (tertiary/aromatic N) is 2. The summed E-state index contributed by atoms with van der Waals surface area (Å²) in [4.78, 5) is 9.20. The molecule has 0 atom stereocenters. The lowest BCUT2D eigenvalue weighted by molar-refractivity contribution is 1.42. The van der Waals surface area contributed by atoms with Gasteiger partial charge in [-0.1, -0.05) is 69.7 Å². The van der Waals surface area contributed by atoms with Crippen LogP contribution in [-0.4, -0.2) is 11.2 Å². The van der Waals surface area contributed by atoms with E-state index >= 15 is 0 Å². The lowest BCUT2D eigenvalue weighted by Crippen LogP contribution is -1.78. The second-order valence-corrected chi connectivity index (χ2v) is 6.86. The highest BCUT2D eigenvalue weighted by molar-refractivity contribution is 9.10. The monoisotopic (exact) mass is 366 g/mol. The molecule has 0 aliphatic heterocycles. The summed E-state index contributed by atoms with van der Waals surface area (Å²) in [5, 5.41) is 3.18. The molecule has 106 valence electrons. The molecule has 4 heteroatoms. The number of aliphatic imine (C=N–C) groups is 1. The van der Waals surface area contributed by atoms with Gasteiger partial charge in [0.15, 0.2) is 0 Å². The molecule has 0 aliphatic carbocycles. The van der Waals surface area contributed by atoms with Crippen molar-refractivity contribution in [3.63, 3.8) is 0 Å². The molecule has 0 radical (unpaired) electrons. The van der Waals surface area contributed by atoms with Crippen LogP contribution in [-0.2, 0) is 0 Å². The standard InChI is InChI=1S/C18H11BrN2S/c19-14-8-5-12(6-9-14)11-20-18-21-17-15-4-2-1-3-13(15)7-10-16(17)22-18/h1-11H/b20-11+. The van der Waals surface area contributed by atoms with Crippen molar-refractivity contribution in [2.24, 2.45) is 4.99 Å². The molecule has 0 spiro atoms. The SMILES string of the molecule is Brc1ccc(/C=N/c2nc3c(ccc4ccccc43)s2)cc1. The molecular formula is C18H11BrN2S. The summed E-state index contributed by atoms with van der Waals surface area (Å²) in [6.45, 7) is 0. The van der Waals surface area contributed by atoms with Gasteiger partial charge >= 0.3 is 0 Å². The molecule has 4 rings (SSSR count). The van der Waals surface area contributed by atoms with Gasteiger partial charge in [0, 0.05) is 16.1 Å². The third kappa shape index (κ3) is 2.56. The molecule has 0 unspecified atom stereocenters. The van der Waals surface area contributed by atoms with Crippen molar-refractivity contribution in [1.82, 2.24) is 4.98 Å². The van der Waals surface area contributed by atoms with Crippen LogP contribution in [0.25, 0.3) is 21.0 Å². The zero-order valence-electron chi connectivity index (χ0n) is 11.5. The first-order chi connectivity index (χ1) is 10.8. The molecule has 0 saturated carbocycles. The molecule has 0 amide bonds. The van der Waals surface area contributed by atoms with Crippen molar-refractivity contribution in [3.05, 3.63) is 70.7 Å². The Morgan fingerprint density at radius 2 is 1.77 bits per heavy atom. The summed E-state index contributed by atoms with van der Waals surface area (Å²) in [5.74, 6) is 0. The van der Waals surface area contributed by atoms with Crippen LogP contribution in [0.1, 0.15) is 5.56 Å². The number of hydrogen-bond donors (Lipinski definition) is 0. The second kappa shape index (κ2) is 5.63. The van der Waals surface area contributed by atoms with E-state index in [9.17, 15) is 0 Å². The quantitative estimate of drug-likeness (QED) is 0.401. The highest BCUT2D eigenvalue weighted by atomic mass is 79.9. The Morgan fingerprint density at radius 1 is 0.955 bits per heavy atom. The summed E-state index contributed by atoms with van der Waals surface area (Å²) < 4.78 is 2.23. The van der Waals surface area contributed by atoms with Crippen molar-refractivity contribution < 1.29 is 0 Å². The topological polar surface area (TPSA) is 25.2 Å². The van der Waals surface area contributed by atoms with Crippen molar-refractivity contribution >= 4 is 59.6 Å². The Bertz CT molecular complexity index is 987. The Labute approximate surface area is 140 Å². The first kappa shape index (κ1) is 13.6. The fourth-order valence-corrected chi connectivity index (χ4v) is 3.48. The maximum Gasteiger partial charge on any atom is 0.210 e. The number of aromatic nitrogens is 1. The van der Waals surface area contributed by atoms with E-state index in [4.69, 9.17) is 0 Å². The zero-order chi connectivity index (χ0) is 14.9. The first-order valence-electron chi connectivity index (χ1n) is 6.87. The second-order valence-electron chi connectivity index (χ2n) is 4.94. The molecule has 0 fully saturated rings. The smallest absolute Gasteiger partial charge is 0.210 e. The summed E-state index contributed by atoms with van der Waals surface area (Å²) >= 11 is 5.05. The van der Waals surface area contributed by atoms with Crippen LogP contribution in [0.4, 0.5) is 5.13 Å². The number of benzene rings is 3. The van der Waals surface area contributed by atoms with Crippen molar-refractivity contribution in [1.29, 1.82) is 0 Å². The fourth-order valence-electron chi connectivity index (χ4n) is 2.38. The zero-order valence-corrected chi connectivity index (χ0v) is 13.9. The van der Waals surface area contributed by atoms with Crippen LogP contribution in [0.2, 0.25) is 0 Å². The predicted octanol–water partition coefficient (Wildman–Crippen LogP) is 5.96. The van der Waals surface area contributed by atoms with Crippen LogP contribution in [0, 0.1) is 0 Å². The van der Waals surface area contributed by atoms with Crippen LogP contribution >= 0.6 is 27.3 Å². The summed E-state index contributed by atoms with van der Waals surface area (Å²) in [6.07, 6.45) is 1.85. The minimum absolute atomic E-state index is 0.786. The van der Waals surface area contributed by atoms with Gasteiger partial charge in [-0.25, -0.2) is 9.98 Å². The van der Waals surface area contributed by atoms with E-state index in [0.717, 1.165) is 20.7 Å². The summed E-state index contributed by atoms with van der Waals surface area (Å²) in [7, 11) is 0. The Morgan fingerprint density at radius 3 is 2.64 bits per heavy atom. The largest absolute Gasteiger partial charge is 0.227 e. The van der Waals surface area contributed by atoms with Gasteiger partial charge < -0.3 is 0 Å². The minimum atomic E-state index is 0.786. The summed E-state index contributed by atoms with van der Waals surface area (Å²) in [6, 6.07) is 20.6. The van der Waals surface area contributed by atoms with E-state index in [1.54, 1.807) is 11.3 Å². The molecule has 4 aromatic rings. The van der Waals surface area contributed by atoms with Gasteiger partial charge in [0.2, 0.25) is 5.13 Å². The third-order valence-corrected chi connectivity index (χ3v) is 4.92. The average molecular weight is 367 g/mol. The van der Waals surface area contributed by atoms with Gasteiger partial charge in [-0.3, -0.25) is 0 Å². The van der Waals surface area contributed by atoms with Crippen molar-refractivity contribution in [2.45, 2.75) is 0 Å². The van der Waals surface area contributed by atoms with Gasteiger partial charge in [0.1, 0.15) is 0 Å². The highest BCUT2D eigenvalue weighted by Gasteiger charge is 2.06. The van der Waals surface area contributed by atoms with E-state index in [-0.39, 0.29) is 0 Å². The molecule has 0 N–H and O–H groups in total. The van der Waals surface area contributed by atoms with Crippen LogP contribution < -0.4 is 0 Å². The van der Waals surface area contributed by atoms with E-state index in [2.05, 4.69) is 50.2 Å². The Balaban J connectivity index is 1.76. The van der Waals surface area contributed by atoms with E-state index in [1.807, 2.05) is 42.6 Å². The van der Waals surface area contributed by atoms with Crippen molar-refractivity contribution in [3.8, 4) is 0 Å². The third-order valence-electron chi connectivity index (χ3n) is 3.47. The molecule has 0 bridgehead atoms. The molecule has 2 nitrogen and oxygen atoms in total. The molecular weight excluding hydrogens is 356 g/mol. The lowest BCUT2D eigenvalue weighted by Gasteiger charge is -1.96.